The first-order chi connectivity index (χ1) is 10.2. The van der Waals surface area contributed by atoms with Crippen LogP contribution < -0.4 is 11.1 Å². The van der Waals surface area contributed by atoms with E-state index in [9.17, 15) is 4.79 Å². The normalized spacial score (nSPS) is 22.1. The molecule has 0 radical (unpaired) electrons. The Morgan fingerprint density at radius 2 is 1.76 bits per heavy atom. The molecular formula is C18H22N2O. The number of nitrogens with one attached hydrogen (secondary N) is 1. The number of rotatable bonds is 3. The van der Waals surface area contributed by atoms with E-state index in [1.54, 1.807) is 0 Å². The third-order valence-corrected chi connectivity index (χ3v) is 4.37. The van der Waals surface area contributed by atoms with Gasteiger partial charge in [-0.2, -0.15) is 0 Å². The van der Waals surface area contributed by atoms with Crippen LogP contribution in [0.5, 0.6) is 0 Å². The zero-order valence-corrected chi connectivity index (χ0v) is 12.2. The smallest absolute Gasteiger partial charge is 0.224 e. The highest BCUT2D eigenvalue weighted by atomic mass is 16.1. The van der Waals surface area contributed by atoms with Gasteiger partial charge in [-0.3, -0.25) is 4.79 Å². The lowest BCUT2D eigenvalue weighted by Crippen LogP contribution is -2.41. The van der Waals surface area contributed by atoms with Crippen LogP contribution in [0.25, 0.3) is 10.8 Å². The lowest BCUT2D eigenvalue weighted by molar-refractivity contribution is -0.121. The second kappa shape index (κ2) is 6.27. The molecule has 0 heterocycles. The van der Waals surface area contributed by atoms with Crippen molar-refractivity contribution in [2.24, 2.45) is 5.73 Å². The minimum Gasteiger partial charge on any atom is -0.353 e. The Morgan fingerprint density at radius 3 is 2.57 bits per heavy atom. The fraction of sp³-hybridized carbons (Fsp3) is 0.389. The summed E-state index contributed by atoms with van der Waals surface area (Å²) in [7, 11) is 0. The number of fused-ring (bicyclic) bond motifs is 1. The molecule has 3 nitrogen and oxygen atoms in total. The molecule has 0 bridgehead atoms. The van der Waals surface area contributed by atoms with Crippen molar-refractivity contribution in [2.75, 3.05) is 0 Å². The molecule has 21 heavy (non-hydrogen) atoms. The van der Waals surface area contributed by atoms with Crippen LogP contribution in [-0.4, -0.2) is 18.0 Å². The average molecular weight is 282 g/mol. The van der Waals surface area contributed by atoms with Crippen molar-refractivity contribution in [3.63, 3.8) is 0 Å². The summed E-state index contributed by atoms with van der Waals surface area (Å²) >= 11 is 0. The zero-order chi connectivity index (χ0) is 14.7. The molecule has 0 spiro atoms. The molecule has 1 amide bonds. The molecular weight excluding hydrogens is 260 g/mol. The fourth-order valence-corrected chi connectivity index (χ4v) is 3.16. The summed E-state index contributed by atoms with van der Waals surface area (Å²) in [5, 5.41) is 5.51. The van der Waals surface area contributed by atoms with Gasteiger partial charge in [0, 0.05) is 12.1 Å². The molecule has 1 aliphatic rings. The van der Waals surface area contributed by atoms with Gasteiger partial charge in [-0.15, -0.1) is 0 Å². The largest absolute Gasteiger partial charge is 0.353 e. The second-order valence-corrected chi connectivity index (χ2v) is 5.99. The van der Waals surface area contributed by atoms with E-state index in [2.05, 4.69) is 23.5 Å². The van der Waals surface area contributed by atoms with Gasteiger partial charge in [0.15, 0.2) is 0 Å². The third-order valence-electron chi connectivity index (χ3n) is 4.37. The first kappa shape index (κ1) is 14.1. The van der Waals surface area contributed by atoms with E-state index in [0.29, 0.717) is 18.5 Å². The summed E-state index contributed by atoms with van der Waals surface area (Å²) in [6.07, 6.45) is 4.48. The lowest BCUT2D eigenvalue weighted by atomic mass is 9.91. The van der Waals surface area contributed by atoms with Crippen LogP contribution in [0.3, 0.4) is 0 Å². The van der Waals surface area contributed by atoms with Crippen LogP contribution in [0.1, 0.15) is 31.2 Å². The Labute approximate surface area is 125 Å². The standard InChI is InChI=1S/C18H22N2O/c19-15-8-10-16(11-9-15)20-18(21)12-14-6-3-5-13-4-1-2-7-17(13)14/h1-7,15-16H,8-12,19H2,(H,20,21). The minimum atomic E-state index is 0.117. The summed E-state index contributed by atoms with van der Waals surface area (Å²) in [6, 6.07) is 15.0. The Kier molecular flexibility index (Phi) is 4.20. The van der Waals surface area contributed by atoms with Gasteiger partial charge < -0.3 is 11.1 Å². The van der Waals surface area contributed by atoms with E-state index >= 15 is 0 Å². The van der Waals surface area contributed by atoms with E-state index in [0.717, 1.165) is 31.2 Å². The van der Waals surface area contributed by atoms with Gasteiger partial charge in [0.05, 0.1) is 6.42 Å². The Hall–Kier alpha value is -1.87. The average Bonchev–Trinajstić information content (AvgIpc) is 2.50. The molecule has 3 rings (SSSR count). The van der Waals surface area contributed by atoms with Gasteiger partial charge in [-0.05, 0) is 42.0 Å². The number of nitrogens with two attached hydrogens (primary N) is 1. The van der Waals surface area contributed by atoms with Gasteiger partial charge in [0.2, 0.25) is 5.91 Å². The van der Waals surface area contributed by atoms with Crippen molar-refractivity contribution in [1.82, 2.24) is 5.32 Å². The van der Waals surface area contributed by atoms with Crippen LogP contribution in [0.4, 0.5) is 0 Å². The van der Waals surface area contributed by atoms with Crippen LogP contribution in [0.15, 0.2) is 42.5 Å². The number of carbonyl (C=O) groups is 1. The molecule has 2 aromatic carbocycles. The predicted octanol–water partition coefficient (Wildman–Crippen LogP) is 2.77. The molecule has 1 saturated carbocycles. The number of hydrogen-bond acceptors (Lipinski definition) is 2. The Balaban J connectivity index is 1.66. The van der Waals surface area contributed by atoms with E-state index < -0.39 is 0 Å². The van der Waals surface area contributed by atoms with Gasteiger partial charge in [0.1, 0.15) is 0 Å². The molecule has 3 N–H and O–H groups in total. The Morgan fingerprint density at radius 1 is 1.05 bits per heavy atom. The summed E-state index contributed by atoms with van der Waals surface area (Å²) in [6.45, 7) is 0. The molecule has 0 atom stereocenters. The Bertz CT molecular complexity index is 625. The van der Waals surface area contributed by atoms with Crippen molar-refractivity contribution in [1.29, 1.82) is 0 Å². The summed E-state index contributed by atoms with van der Waals surface area (Å²) < 4.78 is 0. The van der Waals surface area contributed by atoms with Gasteiger partial charge in [-0.1, -0.05) is 42.5 Å². The van der Waals surface area contributed by atoms with Gasteiger partial charge in [-0.25, -0.2) is 0 Å². The topological polar surface area (TPSA) is 55.1 Å². The third kappa shape index (κ3) is 3.42. The van der Waals surface area contributed by atoms with Crippen molar-refractivity contribution in [3.8, 4) is 0 Å². The molecule has 0 unspecified atom stereocenters. The van der Waals surface area contributed by atoms with Gasteiger partial charge in [0.25, 0.3) is 0 Å². The highest BCUT2D eigenvalue weighted by Gasteiger charge is 2.20. The highest BCUT2D eigenvalue weighted by molar-refractivity contribution is 5.90. The maximum absolute atomic E-state index is 12.3. The van der Waals surface area contributed by atoms with Crippen LogP contribution in [0, 0.1) is 0 Å². The lowest BCUT2D eigenvalue weighted by Gasteiger charge is -2.26. The van der Waals surface area contributed by atoms with E-state index in [-0.39, 0.29) is 5.91 Å². The number of benzene rings is 2. The van der Waals surface area contributed by atoms with E-state index in [1.807, 2.05) is 24.3 Å². The molecule has 110 valence electrons. The molecule has 0 aliphatic heterocycles. The van der Waals surface area contributed by atoms with Crippen LogP contribution in [-0.2, 0) is 11.2 Å². The zero-order valence-electron chi connectivity index (χ0n) is 12.2. The van der Waals surface area contributed by atoms with Crippen molar-refractivity contribution in [3.05, 3.63) is 48.0 Å². The van der Waals surface area contributed by atoms with Crippen LogP contribution in [0.2, 0.25) is 0 Å². The van der Waals surface area contributed by atoms with Crippen LogP contribution >= 0.6 is 0 Å². The first-order valence-corrected chi connectivity index (χ1v) is 7.74. The first-order valence-electron chi connectivity index (χ1n) is 7.74. The van der Waals surface area contributed by atoms with Crippen molar-refractivity contribution < 1.29 is 4.79 Å². The molecule has 0 aromatic heterocycles. The summed E-state index contributed by atoms with van der Waals surface area (Å²) in [4.78, 5) is 12.3. The van der Waals surface area contributed by atoms with E-state index in [1.165, 1.54) is 10.8 Å². The molecule has 2 aromatic rings. The number of hydrogen-bond donors (Lipinski definition) is 2. The molecule has 1 aliphatic carbocycles. The monoisotopic (exact) mass is 282 g/mol. The predicted molar refractivity (Wildman–Crippen MR) is 86.0 cm³/mol. The highest BCUT2D eigenvalue weighted by Crippen LogP contribution is 2.20. The SMILES string of the molecule is NC1CCC(NC(=O)Cc2cccc3ccccc23)CC1. The maximum atomic E-state index is 12.3. The summed E-state index contributed by atoms with van der Waals surface area (Å²) in [5.41, 5.74) is 7.00. The van der Waals surface area contributed by atoms with Crippen molar-refractivity contribution >= 4 is 16.7 Å². The van der Waals surface area contributed by atoms with Gasteiger partial charge >= 0.3 is 0 Å². The second-order valence-electron chi connectivity index (χ2n) is 5.99. The minimum absolute atomic E-state index is 0.117. The molecule has 3 heteroatoms. The number of carbonyl (C=O) groups excluding carboxylic acids is 1. The molecule has 1 fully saturated rings. The van der Waals surface area contributed by atoms with Crippen molar-refractivity contribution in [2.45, 2.75) is 44.2 Å². The maximum Gasteiger partial charge on any atom is 0.224 e. The molecule has 0 saturated heterocycles. The fourth-order valence-electron chi connectivity index (χ4n) is 3.16. The quantitative estimate of drug-likeness (QED) is 0.909. The summed E-state index contributed by atoms with van der Waals surface area (Å²) in [5.74, 6) is 0.117. The number of amides is 1. The van der Waals surface area contributed by atoms with E-state index in [4.69, 9.17) is 5.73 Å².